The predicted octanol–water partition coefficient (Wildman–Crippen LogP) is 2.17. The van der Waals surface area contributed by atoms with Gasteiger partial charge in [-0.1, -0.05) is 26.7 Å². The number of aliphatic hydroxyl groups excluding tert-OH is 2. The molecule has 0 aromatic heterocycles. The normalized spacial score (nSPS) is 12.0. The molecule has 3 nitrogen and oxygen atoms in total. The highest BCUT2D eigenvalue weighted by Crippen LogP contribution is 2.14. The van der Waals surface area contributed by atoms with E-state index < -0.39 is 0 Å². The molecular weight excluding hydrogens is 214 g/mol. The summed E-state index contributed by atoms with van der Waals surface area (Å²) in [6, 6.07) is 0. The van der Waals surface area contributed by atoms with Gasteiger partial charge in [0.15, 0.2) is 0 Å². The molecule has 0 spiro atoms. The Bertz CT molecular complexity index is 125. The van der Waals surface area contributed by atoms with E-state index in [1.165, 1.54) is 38.8 Å². The van der Waals surface area contributed by atoms with Gasteiger partial charge in [0.05, 0.1) is 26.2 Å². The minimum Gasteiger partial charge on any atom is -0.396 e. The van der Waals surface area contributed by atoms with E-state index in [2.05, 4.69) is 13.8 Å². The lowest BCUT2D eigenvalue weighted by Gasteiger charge is -2.39. The molecule has 0 aliphatic heterocycles. The number of hydrogen-bond donors (Lipinski definition) is 2. The Morgan fingerprint density at radius 2 is 1.00 bits per heavy atom. The van der Waals surface area contributed by atoms with Gasteiger partial charge < -0.3 is 14.7 Å². The third-order valence-corrected chi connectivity index (χ3v) is 3.55. The van der Waals surface area contributed by atoms with Crippen LogP contribution < -0.4 is 0 Å². The minimum absolute atomic E-state index is 0.289. The molecule has 104 valence electrons. The summed E-state index contributed by atoms with van der Waals surface area (Å²) < 4.78 is 1.10. The topological polar surface area (TPSA) is 40.5 Å². The summed E-state index contributed by atoms with van der Waals surface area (Å²) >= 11 is 0. The molecule has 0 bridgehead atoms. The molecule has 3 heteroatoms. The maximum Gasteiger partial charge on any atom is 0.0808 e. The second-order valence-electron chi connectivity index (χ2n) is 5.10. The van der Waals surface area contributed by atoms with Crippen molar-refractivity contribution in [3.05, 3.63) is 0 Å². The van der Waals surface area contributed by atoms with Gasteiger partial charge in [-0.15, -0.1) is 0 Å². The van der Waals surface area contributed by atoms with Gasteiger partial charge in [0.25, 0.3) is 0 Å². The van der Waals surface area contributed by atoms with Crippen molar-refractivity contribution in [3.8, 4) is 0 Å². The quantitative estimate of drug-likeness (QED) is 0.518. The van der Waals surface area contributed by atoms with Crippen molar-refractivity contribution in [1.29, 1.82) is 0 Å². The molecule has 2 N–H and O–H groups in total. The molecule has 0 fully saturated rings. The maximum absolute atomic E-state index is 9.05. The van der Waals surface area contributed by atoms with Crippen molar-refractivity contribution in [2.24, 2.45) is 0 Å². The van der Waals surface area contributed by atoms with Crippen molar-refractivity contribution in [3.63, 3.8) is 0 Å². The maximum atomic E-state index is 9.05. The molecule has 17 heavy (non-hydrogen) atoms. The molecule has 0 atom stereocenters. The third-order valence-electron chi connectivity index (χ3n) is 3.55. The average Bonchev–Trinajstić information content (AvgIpc) is 2.37. The Kier molecular flexibility index (Phi) is 10.9. The van der Waals surface area contributed by atoms with Gasteiger partial charge in [0.2, 0.25) is 0 Å². The van der Waals surface area contributed by atoms with Gasteiger partial charge in [-0.3, -0.25) is 0 Å². The second kappa shape index (κ2) is 11.0. The monoisotopic (exact) mass is 246 g/mol. The summed E-state index contributed by atoms with van der Waals surface area (Å²) in [5.41, 5.74) is 0. The smallest absolute Gasteiger partial charge is 0.0808 e. The summed E-state index contributed by atoms with van der Waals surface area (Å²) in [5, 5.41) is 18.1. The van der Waals surface area contributed by atoms with Crippen LogP contribution in [0.1, 0.15) is 52.4 Å². The van der Waals surface area contributed by atoms with Crippen LogP contribution in [0.3, 0.4) is 0 Å². The van der Waals surface area contributed by atoms with Crippen LogP contribution in [0.4, 0.5) is 0 Å². The van der Waals surface area contributed by atoms with Crippen molar-refractivity contribution in [2.75, 3.05) is 39.4 Å². The molecule has 0 aromatic carbocycles. The molecule has 0 aliphatic rings. The molecule has 0 amide bonds. The first-order valence-electron chi connectivity index (χ1n) is 7.31. The number of unbranched alkanes of at least 4 members (excludes halogenated alkanes) is 2. The lowest BCUT2D eigenvalue weighted by atomic mass is 10.1. The Balaban J connectivity index is 4.39. The fourth-order valence-corrected chi connectivity index (χ4v) is 2.47. The number of quaternary nitrogens is 1. The summed E-state index contributed by atoms with van der Waals surface area (Å²) in [7, 11) is 0. The van der Waals surface area contributed by atoms with Gasteiger partial charge in [-0.25, -0.2) is 0 Å². The highest BCUT2D eigenvalue weighted by molar-refractivity contribution is 4.49. The zero-order valence-corrected chi connectivity index (χ0v) is 11.8. The number of hydrogen-bond acceptors (Lipinski definition) is 2. The number of aliphatic hydroxyl groups is 2. The minimum atomic E-state index is 0.289. The number of rotatable bonds is 12. The molecule has 0 unspecified atom stereocenters. The van der Waals surface area contributed by atoms with Crippen molar-refractivity contribution in [1.82, 2.24) is 0 Å². The van der Waals surface area contributed by atoms with Crippen LogP contribution >= 0.6 is 0 Å². The van der Waals surface area contributed by atoms with Crippen LogP contribution in [0, 0.1) is 0 Å². The SMILES string of the molecule is CCCC[N+](CCCC)(CCCO)CCCO. The van der Waals surface area contributed by atoms with Crippen LogP contribution in [-0.4, -0.2) is 54.1 Å². The predicted molar refractivity (Wildman–Crippen MR) is 73.0 cm³/mol. The summed E-state index contributed by atoms with van der Waals surface area (Å²) in [6.07, 6.45) is 6.73. The zero-order valence-electron chi connectivity index (χ0n) is 11.8. The Labute approximate surface area is 107 Å². The lowest BCUT2D eigenvalue weighted by molar-refractivity contribution is -0.929. The molecular formula is C14H32NO2+. The largest absolute Gasteiger partial charge is 0.396 e. The van der Waals surface area contributed by atoms with E-state index in [0.717, 1.165) is 30.4 Å². The Morgan fingerprint density at radius 3 is 1.29 bits per heavy atom. The van der Waals surface area contributed by atoms with Gasteiger partial charge in [0, 0.05) is 26.1 Å². The fraction of sp³-hybridized carbons (Fsp3) is 1.00. The van der Waals surface area contributed by atoms with Crippen molar-refractivity contribution >= 4 is 0 Å². The van der Waals surface area contributed by atoms with E-state index in [0.29, 0.717) is 0 Å². The molecule has 0 aliphatic carbocycles. The van der Waals surface area contributed by atoms with E-state index in [1.54, 1.807) is 0 Å². The molecule has 0 saturated heterocycles. The summed E-state index contributed by atoms with van der Waals surface area (Å²) in [5.74, 6) is 0. The number of nitrogens with zero attached hydrogens (tertiary/aromatic N) is 1. The van der Waals surface area contributed by atoms with E-state index in [-0.39, 0.29) is 13.2 Å². The average molecular weight is 246 g/mol. The zero-order chi connectivity index (χ0) is 13.0. The van der Waals surface area contributed by atoms with Gasteiger partial charge in [-0.05, 0) is 12.8 Å². The molecule has 0 heterocycles. The molecule has 0 rings (SSSR count). The first kappa shape index (κ1) is 16.9. The first-order valence-corrected chi connectivity index (χ1v) is 7.31. The molecule has 0 saturated carbocycles. The van der Waals surface area contributed by atoms with E-state index in [4.69, 9.17) is 10.2 Å². The highest BCUT2D eigenvalue weighted by Gasteiger charge is 2.24. The van der Waals surface area contributed by atoms with Crippen LogP contribution in [0.5, 0.6) is 0 Å². The van der Waals surface area contributed by atoms with E-state index in [1.807, 2.05) is 0 Å². The van der Waals surface area contributed by atoms with Gasteiger partial charge in [0.1, 0.15) is 0 Å². The van der Waals surface area contributed by atoms with Crippen LogP contribution in [0.2, 0.25) is 0 Å². The Hall–Kier alpha value is -0.120. The fourth-order valence-electron chi connectivity index (χ4n) is 2.47. The van der Waals surface area contributed by atoms with Crippen LogP contribution in [0.15, 0.2) is 0 Å². The van der Waals surface area contributed by atoms with Crippen LogP contribution in [-0.2, 0) is 0 Å². The first-order chi connectivity index (χ1) is 8.24. The van der Waals surface area contributed by atoms with E-state index in [9.17, 15) is 0 Å². The highest BCUT2D eigenvalue weighted by atomic mass is 16.3. The van der Waals surface area contributed by atoms with Crippen LogP contribution in [0.25, 0.3) is 0 Å². The third kappa shape index (κ3) is 7.74. The van der Waals surface area contributed by atoms with Crippen molar-refractivity contribution in [2.45, 2.75) is 52.4 Å². The molecule has 0 aromatic rings. The molecule has 0 radical (unpaired) electrons. The van der Waals surface area contributed by atoms with Gasteiger partial charge >= 0.3 is 0 Å². The van der Waals surface area contributed by atoms with E-state index >= 15 is 0 Å². The Morgan fingerprint density at radius 1 is 0.647 bits per heavy atom. The summed E-state index contributed by atoms with van der Waals surface area (Å²) in [6.45, 7) is 9.58. The lowest BCUT2D eigenvalue weighted by Crippen LogP contribution is -2.51. The standard InChI is InChI=1S/C14H32NO2/c1-3-5-9-15(10-6-4-2,11-7-13-16)12-8-14-17/h16-17H,3-14H2,1-2H3/q+1. The summed E-state index contributed by atoms with van der Waals surface area (Å²) in [4.78, 5) is 0. The second-order valence-corrected chi connectivity index (χ2v) is 5.10. The van der Waals surface area contributed by atoms with Gasteiger partial charge in [-0.2, -0.15) is 0 Å². The van der Waals surface area contributed by atoms with Crippen molar-refractivity contribution < 1.29 is 14.7 Å².